The zero-order valence-electron chi connectivity index (χ0n) is 2.82. The summed E-state index contributed by atoms with van der Waals surface area (Å²) in [6.07, 6.45) is 0. The molecule has 6 heteroatoms. The van der Waals surface area contributed by atoms with Crippen molar-refractivity contribution in [2.75, 3.05) is 0 Å². The molecule has 0 aromatic heterocycles. The Bertz CT molecular complexity index is 24.9. The van der Waals surface area contributed by atoms with Crippen molar-refractivity contribution in [1.82, 2.24) is 0 Å². The normalized spacial score (nSPS) is 1.33. The maximum Gasteiger partial charge on any atom is 0.549 e. The monoisotopic (exact) mass is 114 g/mol. The Hall–Kier alpha value is -0.303. The van der Waals surface area contributed by atoms with E-state index in [1.165, 1.54) is 0 Å². The number of hydrogen-bond acceptors (Lipinski definition) is 2. The van der Waals surface area contributed by atoms with Gasteiger partial charge < -0.3 is 16.4 Å². The summed E-state index contributed by atoms with van der Waals surface area (Å²) in [5.74, 6) is 0. The summed E-state index contributed by atoms with van der Waals surface area (Å²) in [5.41, 5.74) is 0. The molecule has 40 valence electrons. The van der Waals surface area contributed by atoms with E-state index in [2.05, 4.69) is 0 Å². The van der Waals surface area contributed by atoms with Crippen LogP contribution in [0.3, 0.4) is 0 Å². The Morgan fingerprint density at radius 1 is 0.833 bits per heavy atom. The minimum atomic E-state index is -1.42. The predicted molar refractivity (Wildman–Crippen MR) is 18.0 cm³/mol. The van der Waals surface area contributed by atoms with E-state index in [-0.39, 0.29) is 16.4 Å². The molecule has 0 aliphatic rings. The first-order valence-corrected chi connectivity index (χ1v) is 1.22. The smallest absolute Gasteiger partial charge is 0.412 e. The molecule has 0 saturated heterocycles. The van der Waals surface area contributed by atoms with Gasteiger partial charge in [0.25, 0.3) is 0 Å². The second kappa shape index (κ2) is 132. The van der Waals surface area contributed by atoms with Gasteiger partial charge in [0.15, 0.2) is 0 Å². The predicted octanol–water partition coefficient (Wildman–Crippen LogP) is -3.09. The van der Waals surface area contributed by atoms with Crippen LogP contribution < -0.4 is 0 Å². The Kier molecular flexibility index (Phi) is 962. The van der Waals surface area contributed by atoms with Crippen molar-refractivity contribution in [3.8, 4) is 0 Å². The van der Waals surface area contributed by atoms with Crippen molar-refractivity contribution in [1.29, 1.82) is 0 Å². The average Bonchev–Trinajstić information content (AvgIpc) is 0.918. The molecule has 0 fully saturated rings. The molecule has 0 atom stereocenters. The Balaban J connectivity index is -0.00000000667. The van der Waals surface area contributed by atoms with Crippen LogP contribution in [-0.4, -0.2) is 25.7 Å². The maximum atomic E-state index is 8.40. The minimum Gasteiger partial charge on any atom is -0.412 e. The molecule has 0 spiro atoms. The van der Waals surface area contributed by atoms with E-state index >= 15 is 0 Å². The van der Waals surface area contributed by atoms with Crippen molar-refractivity contribution in [2.24, 2.45) is 0 Å². The molecule has 0 amide bonds. The highest BCUT2D eigenvalue weighted by Crippen LogP contribution is 0.759. The lowest BCUT2D eigenvalue weighted by atomic mass is 15.9. The highest BCUT2D eigenvalue weighted by molar-refractivity contribution is 5.94. The van der Waals surface area contributed by atoms with Crippen LogP contribution in [0.15, 0.2) is 0 Å². The third-order valence-corrected chi connectivity index (χ3v) is 0. The Morgan fingerprint density at radius 3 is 0.833 bits per heavy atom. The second-order valence-electron chi connectivity index (χ2n) is 0.0833. The molecule has 0 aliphatic carbocycles. The lowest BCUT2D eigenvalue weighted by molar-refractivity contribution is 0.497. The fourth-order valence-electron chi connectivity index (χ4n) is 0. The van der Waals surface area contributed by atoms with E-state index in [0.29, 0.717) is 0 Å². The number of rotatable bonds is 0. The van der Waals surface area contributed by atoms with Gasteiger partial charge >= 0.3 is 9.29 Å². The van der Waals surface area contributed by atoms with E-state index in [1.807, 2.05) is 0 Å². The highest BCUT2D eigenvalue weighted by atomic mass is 28.2. The first kappa shape index (κ1) is 43.6. The van der Waals surface area contributed by atoms with E-state index in [0.717, 1.165) is 0 Å². The fourth-order valence-corrected chi connectivity index (χ4v) is 0. The van der Waals surface area contributed by atoms with Crippen LogP contribution in [0.2, 0.25) is 0 Å². The van der Waals surface area contributed by atoms with Crippen LogP contribution in [0.5, 0.6) is 0 Å². The zero-order valence-corrected chi connectivity index (χ0v) is 3.82. The van der Waals surface area contributed by atoms with E-state index in [9.17, 15) is 0 Å². The van der Waals surface area contributed by atoms with Gasteiger partial charge in [0.1, 0.15) is 0 Å². The molecule has 6 heavy (non-hydrogen) atoms. The standard InChI is InChI=1S/O2Si.3H2O/c1-3-2;;;/h;3*1H2. The largest absolute Gasteiger partial charge is 0.549 e. The van der Waals surface area contributed by atoms with Crippen LogP contribution >= 0.6 is 0 Å². The molecular formula is H6O5Si. The van der Waals surface area contributed by atoms with Crippen molar-refractivity contribution in [2.45, 2.75) is 0 Å². The molecule has 0 aliphatic heterocycles. The Morgan fingerprint density at radius 2 is 0.833 bits per heavy atom. The lowest BCUT2D eigenvalue weighted by Crippen LogP contribution is -1.26. The third kappa shape index (κ3) is 293. The van der Waals surface area contributed by atoms with Crippen LogP contribution in [0.25, 0.3) is 0 Å². The van der Waals surface area contributed by atoms with Gasteiger partial charge in [-0.2, -0.15) is 0 Å². The third-order valence-electron chi connectivity index (χ3n) is 0. The van der Waals surface area contributed by atoms with E-state index in [1.54, 1.807) is 0 Å². The first-order valence-electron chi connectivity index (χ1n) is 0.408. The molecule has 0 rings (SSSR count). The number of hydrogen-bond donors (Lipinski definition) is 0. The van der Waals surface area contributed by atoms with Gasteiger partial charge in [-0.05, 0) is 0 Å². The molecule has 0 bridgehead atoms. The van der Waals surface area contributed by atoms with E-state index in [4.69, 9.17) is 8.92 Å². The van der Waals surface area contributed by atoms with Crippen molar-refractivity contribution >= 4 is 9.29 Å². The molecule has 0 saturated carbocycles. The van der Waals surface area contributed by atoms with Gasteiger partial charge in [0, 0.05) is 0 Å². The fraction of sp³-hybridized carbons (Fsp3) is 0. The lowest BCUT2D eigenvalue weighted by Gasteiger charge is -0.944. The van der Waals surface area contributed by atoms with Crippen LogP contribution in [-0.2, 0) is 8.92 Å². The summed E-state index contributed by atoms with van der Waals surface area (Å²) in [5, 5.41) is 0. The molecule has 5 nitrogen and oxygen atoms in total. The molecule has 0 aromatic carbocycles. The SMILES string of the molecule is O.O.O.O=[Si]=O. The van der Waals surface area contributed by atoms with Crippen LogP contribution in [0.1, 0.15) is 0 Å². The first-order chi connectivity index (χ1) is 1.41. The summed E-state index contributed by atoms with van der Waals surface area (Å²) in [6, 6.07) is 0. The van der Waals surface area contributed by atoms with Crippen LogP contribution in [0, 0.1) is 0 Å². The van der Waals surface area contributed by atoms with Crippen molar-refractivity contribution < 1.29 is 25.4 Å². The zero-order chi connectivity index (χ0) is 2.71. The van der Waals surface area contributed by atoms with Gasteiger partial charge in [0.2, 0.25) is 0 Å². The van der Waals surface area contributed by atoms with Gasteiger partial charge in [-0.25, -0.2) is 0 Å². The van der Waals surface area contributed by atoms with Gasteiger partial charge in [-0.3, -0.25) is 8.92 Å². The molecule has 6 N–H and O–H groups in total. The molecule has 0 heterocycles. The molecule has 0 unspecified atom stereocenters. The van der Waals surface area contributed by atoms with Crippen LogP contribution in [0.4, 0.5) is 0 Å². The van der Waals surface area contributed by atoms with Crippen molar-refractivity contribution in [3.63, 3.8) is 0 Å². The highest BCUT2D eigenvalue weighted by Gasteiger charge is 1.22. The molecular weight excluding hydrogens is 108 g/mol. The van der Waals surface area contributed by atoms with Crippen molar-refractivity contribution in [3.05, 3.63) is 0 Å². The maximum absolute atomic E-state index is 8.40. The summed E-state index contributed by atoms with van der Waals surface area (Å²) in [6.45, 7) is 0. The Labute approximate surface area is 35.8 Å². The molecule has 0 radical (unpaired) electrons. The quantitative estimate of drug-likeness (QED) is 0.309. The summed E-state index contributed by atoms with van der Waals surface area (Å²) in [4.78, 5) is 0. The second-order valence-corrected chi connectivity index (χ2v) is 0.250. The van der Waals surface area contributed by atoms with E-state index < -0.39 is 9.29 Å². The van der Waals surface area contributed by atoms with Gasteiger partial charge in [0.05, 0.1) is 0 Å². The topological polar surface area (TPSA) is 129 Å². The summed E-state index contributed by atoms with van der Waals surface area (Å²) in [7, 11) is -1.42. The average molecular weight is 114 g/mol. The summed E-state index contributed by atoms with van der Waals surface area (Å²) < 4.78 is 16.8. The molecule has 0 aromatic rings. The van der Waals surface area contributed by atoms with Gasteiger partial charge in [-0.15, -0.1) is 0 Å². The van der Waals surface area contributed by atoms with Gasteiger partial charge in [-0.1, -0.05) is 0 Å². The minimum absolute atomic E-state index is 0. The summed E-state index contributed by atoms with van der Waals surface area (Å²) >= 11 is 0.